The minimum Gasteiger partial charge on any atom is -0.314 e. The van der Waals surface area contributed by atoms with Gasteiger partial charge in [-0.05, 0) is 49.3 Å². The van der Waals surface area contributed by atoms with Crippen LogP contribution in [-0.4, -0.2) is 33.9 Å². The van der Waals surface area contributed by atoms with Gasteiger partial charge in [-0.2, -0.15) is 16.9 Å². The van der Waals surface area contributed by atoms with Crippen molar-refractivity contribution in [2.45, 2.75) is 39.3 Å². The molecule has 1 aliphatic heterocycles. The van der Waals surface area contributed by atoms with Gasteiger partial charge in [-0.3, -0.25) is 4.68 Å². The molecule has 4 heteroatoms. The van der Waals surface area contributed by atoms with Crippen LogP contribution >= 0.6 is 11.8 Å². The highest BCUT2D eigenvalue weighted by Crippen LogP contribution is 2.27. The number of hydrogen-bond acceptors (Lipinski definition) is 3. The van der Waals surface area contributed by atoms with Gasteiger partial charge in [0.25, 0.3) is 0 Å². The fourth-order valence-corrected chi connectivity index (χ4v) is 3.81. The first-order valence-electron chi connectivity index (χ1n) is 6.66. The molecule has 96 valence electrons. The maximum atomic E-state index is 4.36. The van der Waals surface area contributed by atoms with Gasteiger partial charge in [0.05, 0.1) is 6.20 Å². The van der Waals surface area contributed by atoms with E-state index in [0.717, 1.165) is 25.4 Å². The van der Waals surface area contributed by atoms with Gasteiger partial charge < -0.3 is 5.32 Å². The van der Waals surface area contributed by atoms with Gasteiger partial charge in [0, 0.05) is 18.8 Å². The molecule has 0 radical (unpaired) electrons. The first kappa shape index (κ1) is 13.0. The summed E-state index contributed by atoms with van der Waals surface area (Å²) in [7, 11) is 0. The standard InChI is InChI=1S/C13H23N3S/c1-3-14-13(12-5-6-17-10-12)7-11-8-15-16(4-2)9-11/h8-9,12-14H,3-7,10H2,1-2H3. The lowest BCUT2D eigenvalue weighted by atomic mass is 9.94. The average Bonchev–Trinajstić information content (AvgIpc) is 2.99. The zero-order chi connectivity index (χ0) is 12.1. The van der Waals surface area contributed by atoms with Gasteiger partial charge in [0.2, 0.25) is 0 Å². The van der Waals surface area contributed by atoms with Crippen LogP contribution in [0.4, 0.5) is 0 Å². The van der Waals surface area contributed by atoms with Crippen molar-refractivity contribution in [2.75, 3.05) is 18.1 Å². The molecule has 1 aliphatic rings. The number of thioether (sulfide) groups is 1. The van der Waals surface area contributed by atoms with Crippen LogP contribution in [0.1, 0.15) is 25.8 Å². The van der Waals surface area contributed by atoms with Gasteiger partial charge in [0.15, 0.2) is 0 Å². The summed E-state index contributed by atoms with van der Waals surface area (Å²) in [5.74, 6) is 3.49. The van der Waals surface area contributed by atoms with Crippen molar-refractivity contribution in [3.05, 3.63) is 18.0 Å². The molecule has 3 nitrogen and oxygen atoms in total. The van der Waals surface area contributed by atoms with Crippen LogP contribution < -0.4 is 5.32 Å². The second-order valence-electron chi connectivity index (χ2n) is 4.70. The molecule has 0 amide bonds. The SMILES string of the molecule is CCNC(Cc1cnn(CC)c1)C1CCSC1. The van der Waals surface area contributed by atoms with E-state index >= 15 is 0 Å². The van der Waals surface area contributed by atoms with Crippen LogP contribution in [0.3, 0.4) is 0 Å². The first-order valence-corrected chi connectivity index (χ1v) is 7.81. The fraction of sp³-hybridized carbons (Fsp3) is 0.769. The van der Waals surface area contributed by atoms with E-state index in [1.54, 1.807) is 0 Å². The van der Waals surface area contributed by atoms with Crippen LogP contribution in [-0.2, 0) is 13.0 Å². The molecule has 1 fully saturated rings. The molecule has 1 N–H and O–H groups in total. The van der Waals surface area contributed by atoms with Crippen LogP contribution in [0.2, 0.25) is 0 Å². The maximum Gasteiger partial charge on any atom is 0.0522 e. The monoisotopic (exact) mass is 253 g/mol. The highest BCUT2D eigenvalue weighted by atomic mass is 32.2. The minimum absolute atomic E-state index is 0.629. The van der Waals surface area contributed by atoms with E-state index in [9.17, 15) is 0 Å². The molecule has 2 unspecified atom stereocenters. The van der Waals surface area contributed by atoms with Crippen molar-refractivity contribution in [1.29, 1.82) is 0 Å². The number of rotatable bonds is 6. The molecule has 0 saturated carbocycles. The Hall–Kier alpha value is -0.480. The highest BCUT2D eigenvalue weighted by Gasteiger charge is 2.25. The molecule has 2 atom stereocenters. The topological polar surface area (TPSA) is 29.9 Å². The summed E-state index contributed by atoms with van der Waals surface area (Å²) in [5, 5.41) is 8.01. The van der Waals surface area contributed by atoms with Crippen molar-refractivity contribution in [3.8, 4) is 0 Å². The third kappa shape index (κ3) is 3.49. The molecule has 1 aromatic rings. The smallest absolute Gasteiger partial charge is 0.0522 e. The number of aromatic nitrogens is 2. The molecule has 0 bridgehead atoms. The van der Waals surface area contributed by atoms with E-state index in [-0.39, 0.29) is 0 Å². The molecule has 2 heterocycles. The molecule has 0 spiro atoms. The molecule has 0 aromatic carbocycles. The van der Waals surface area contributed by atoms with Gasteiger partial charge in [-0.25, -0.2) is 0 Å². The molecule has 1 saturated heterocycles. The Morgan fingerprint density at radius 3 is 3.06 bits per heavy atom. The number of aryl methyl sites for hydroxylation is 1. The predicted molar refractivity (Wildman–Crippen MR) is 74.5 cm³/mol. The Morgan fingerprint density at radius 2 is 2.47 bits per heavy atom. The van der Waals surface area contributed by atoms with E-state index < -0.39 is 0 Å². The summed E-state index contributed by atoms with van der Waals surface area (Å²) in [6, 6.07) is 0.629. The van der Waals surface area contributed by atoms with Crippen LogP contribution in [0, 0.1) is 5.92 Å². The van der Waals surface area contributed by atoms with Crippen molar-refractivity contribution in [3.63, 3.8) is 0 Å². The lowest BCUT2D eigenvalue weighted by Gasteiger charge is -2.23. The Bertz CT molecular complexity index is 331. The molecule has 2 rings (SSSR count). The summed E-state index contributed by atoms with van der Waals surface area (Å²) >= 11 is 2.10. The summed E-state index contributed by atoms with van der Waals surface area (Å²) in [5.41, 5.74) is 1.37. The lowest BCUT2D eigenvalue weighted by molar-refractivity contribution is 0.387. The Balaban J connectivity index is 1.96. The third-order valence-electron chi connectivity index (χ3n) is 3.47. The van der Waals surface area contributed by atoms with E-state index in [2.05, 4.69) is 42.2 Å². The van der Waals surface area contributed by atoms with E-state index in [0.29, 0.717) is 6.04 Å². The van der Waals surface area contributed by atoms with Gasteiger partial charge in [-0.1, -0.05) is 6.92 Å². The summed E-state index contributed by atoms with van der Waals surface area (Å²) in [6.07, 6.45) is 6.70. The van der Waals surface area contributed by atoms with Crippen LogP contribution in [0.15, 0.2) is 12.4 Å². The third-order valence-corrected chi connectivity index (χ3v) is 4.65. The molecule has 1 aromatic heterocycles. The lowest BCUT2D eigenvalue weighted by Crippen LogP contribution is -2.38. The Morgan fingerprint density at radius 1 is 1.59 bits per heavy atom. The number of nitrogens with one attached hydrogen (secondary N) is 1. The van der Waals surface area contributed by atoms with E-state index in [4.69, 9.17) is 0 Å². The molecule has 0 aliphatic carbocycles. The maximum absolute atomic E-state index is 4.36. The summed E-state index contributed by atoms with van der Waals surface area (Å²) in [4.78, 5) is 0. The molecular formula is C13H23N3S. The number of hydrogen-bond donors (Lipinski definition) is 1. The highest BCUT2D eigenvalue weighted by molar-refractivity contribution is 7.99. The average molecular weight is 253 g/mol. The summed E-state index contributed by atoms with van der Waals surface area (Å²) in [6.45, 7) is 6.36. The number of likely N-dealkylation sites (N-methyl/N-ethyl adjacent to an activating group) is 1. The first-order chi connectivity index (χ1) is 8.33. The zero-order valence-corrected chi connectivity index (χ0v) is 11.7. The summed E-state index contributed by atoms with van der Waals surface area (Å²) < 4.78 is 2.02. The fourth-order valence-electron chi connectivity index (χ4n) is 2.48. The van der Waals surface area contributed by atoms with E-state index in [1.807, 2.05) is 10.9 Å². The van der Waals surface area contributed by atoms with Crippen molar-refractivity contribution >= 4 is 11.8 Å². The van der Waals surface area contributed by atoms with Crippen molar-refractivity contribution < 1.29 is 0 Å². The molecular weight excluding hydrogens is 230 g/mol. The Labute approximate surface area is 108 Å². The predicted octanol–water partition coefficient (Wildman–Crippen LogP) is 2.18. The second-order valence-corrected chi connectivity index (χ2v) is 5.85. The van der Waals surface area contributed by atoms with Gasteiger partial charge >= 0.3 is 0 Å². The number of nitrogens with zero attached hydrogens (tertiary/aromatic N) is 2. The van der Waals surface area contributed by atoms with Crippen molar-refractivity contribution in [1.82, 2.24) is 15.1 Å². The van der Waals surface area contributed by atoms with Gasteiger partial charge in [-0.15, -0.1) is 0 Å². The quantitative estimate of drug-likeness (QED) is 0.843. The largest absolute Gasteiger partial charge is 0.314 e. The Kier molecular flexibility index (Phi) is 4.92. The zero-order valence-electron chi connectivity index (χ0n) is 10.9. The normalized spacial score (nSPS) is 21.9. The van der Waals surface area contributed by atoms with Crippen molar-refractivity contribution in [2.24, 2.45) is 5.92 Å². The van der Waals surface area contributed by atoms with E-state index in [1.165, 1.54) is 23.5 Å². The van der Waals surface area contributed by atoms with Gasteiger partial charge in [0.1, 0.15) is 0 Å². The minimum atomic E-state index is 0.629. The van der Waals surface area contributed by atoms with Crippen LogP contribution in [0.5, 0.6) is 0 Å². The van der Waals surface area contributed by atoms with Crippen LogP contribution in [0.25, 0.3) is 0 Å². The molecule has 17 heavy (non-hydrogen) atoms. The second kappa shape index (κ2) is 6.45.